The third-order valence-electron chi connectivity index (χ3n) is 2.46. The fourth-order valence-corrected chi connectivity index (χ4v) is 1.56. The lowest BCUT2D eigenvalue weighted by molar-refractivity contribution is -0.136. The van der Waals surface area contributed by atoms with Crippen LogP contribution in [0.25, 0.3) is 0 Å². The van der Waals surface area contributed by atoms with Crippen molar-refractivity contribution in [3.63, 3.8) is 0 Å². The maximum atomic E-state index is 11.6. The number of halogens is 1. The Hall–Kier alpha value is -1.63. The Morgan fingerprint density at radius 3 is 2.71 bits per heavy atom. The molecule has 2 unspecified atom stereocenters. The number of amides is 2. The molecule has 1 saturated heterocycles. The van der Waals surface area contributed by atoms with E-state index in [1.165, 1.54) is 7.05 Å². The SMILES string of the molecule is CC(Cl)c1nnc(NC2CC(=O)N(C)C2=O)o1. The van der Waals surface area contributed by atoms with Crippen LogP contribution in [0.2, 0.25) is 0 Å². The molecule has 1 aliphatic heterocycles. The number of likely N-dealkylation sites (tertiary alicyclic amines) is 1. The zero-order valence-electron chi connectivity index (χ0n) is 9.31. The smallest absolute Gasteiger partial charge is 0.316 e. The van der Waals surface area contributed by atoms with Gasteiger partial charge >= 0.3 is 6.01 Å². The van der Waals surface area contributed by atoms with Crippen molar-refractivity contribution >= 4 is 29.4 Å². The third-order valence-corrected chi connectivity index (χ3v) is 2.65. The van der Waals surface area contributed by atoms with Crippen molar-refractivity contribution < 1.29 is 14.0 Å². The van der Waals surface area contributed by atoms with E-state index in [9.17, 15) is 9.59 Å². The molecule has 1 aliphatic rings. The Bertz CT molecular complexity index is 459. The van der Waals surface area contributed by atoms with Crippen molar-refractivity contribution in [1.82, 2.24) is 15.1 Å². The summed E-state index contributed by atoms with van der Waals surface area (Å²) in [4.78, 5) is 23.9. The van der Waals surface area contributed by atoms with E-state index in [4.69, 9.17) is 16.0 Å². The Morgan fingerprint density at radius 1 is 1.53 bits per heavy atom. The normalized spacial score (nSPS) is 22.1. The van der Waals surface area contributed by atoms with Gasteiger partial charge in [0.2, 0.25) is 11.8 Å². The lowest BCUT2D eigenvalue weighted by Gasteiger charge is -2.08. The molecule has 92 valence electrons. The third kappa shape index (κ3) is 2.23. The fourth-order valence-electron chi connectivity index (χ4n) is 1.47. The lowest BCUT2D eigenvalue weighted by atomic mass is 10.2. The molecule has 1 aromatic heterocycles. The molecule has 2 heterocycles. The zero-order valence-corrected chi connectivity index (χ0v) is 10.1. The van der Waals surface area contributed by atoms with Crippen molar-refractivity contribution in [1.29, 1.82) is 0 Å². The van der Waals surface area contributed by atoms with Gasteiger partial charge in [0.15, 0.2) is 0 Å². The Balaban J connectivity index is 2.06. The molecule has 7 nitrogen and oxygen atoms in total. The number of likely N-dealkylation sites (N-methyl/N-ethyl adjacent to an activating group) is 1. The lowest BCUT2D eigenvalue weighted by Crippen LogP contribution is -2.31. The first-order chi connectivity index (χ1) is 7.99. The van der Waals surface area contributed by atoms with Crippen molar-refractivity contribution in [2.75, 3.05) is 12.4 Å². The number of rotatable bonds is 3. The molecular weight excluding hydrogens is 248 g/mol. The summed E-state index contributed by atoms with van der Waals surface area (Å²) in [6.45, 7) is 1.69. The maximum Gasteiger partial charge on any atom is 0.316 e. The number of nitrogens with one attached hydrogen (secondary N) is 1. The molecule has 1 fully saturated rings. The standard InChI is InChI=1S/C9H11ClN4O3/c1-4(10)7-12-13-9(17-7)11-5-3-6(15)14(2)8(5)16/h4-5H,3H2,1-2H3,(H,11,13). The first-order valence-corrected chi connectivity index (χ1v) is 5.47. The van der Waals surface area contributed by atoms with Crippen LogP contribution < -0.4 is 5.32 Å². The molecule has 17 heavy (non-hydrogen) atoms. The monoisotopic (exact) mass is 258 g/mol. The van der Waals surface area contributed by atoms with Gasteiger partial charge in [-0.1, -0.05) is 5.10 Å². The highest BCUT2D eigenvalue weighted by atomic mass is 35.5. The van der Waals surface area contributed by atoms with Crippen molar-refractivity contribution in [2.45, 2.75) is 24.8 Å². The van der Waals surface area contributed by atoms with E-state index in [2.05, 4.69) is 15.5 Å². The van der Waals surface area contributed by atoms with Gasteiger partial charge in [-0.25, -0.2) is 0 Å². The van der Waals surface area contributed by atoms with Gasteiger partial charge in [0, 0.05) is 7.05 Å². The maximum absolute atomic E-state index is 11.6. The molecule has 0 saturated carbocycles. The molecule has 0 aromatic carbocycles. The van der Waals surface area contributed by atoms with Gasteiger partial charge < -0.3 is 9.73 Å². The molecule has 0 bridgehead atoms. The Labute approximate surface area is 102 Å². The molecule has 0 aliphatic carbocycles. The van der Waals surface area contributed by atoms with Crippen LogP contribution in [0, 0.1) is 0 Å². The van der Waals surface area contributed by atoms with Crippen LogP contribution in [-0.4, -0.2) is 40.0 Å². The van der Waals surface area contributed by atoms with E-state index in [0.717, 1.165) is 4.90 Å². The largest absolute Gasteiger partial charge is 0.406 e. The predicted octanol–water partition coefficient (Wildman–Crippen LogP) is 0.539. The van der Waals surface area contributed by atoms with Crippen LogP contribution in [0.1, 0.15) is 24.6 Å². The number of imide groups is 1. The van der Waals surface area contributed by atoms with E-state index >= 15 is 0 Å². The van der Waals surface area contributed by atoms with Crippen molar-refractivity contribution in [2.24, 2.45) is 0 Å². The summed E-state index contributed by atoms with van der Waals surface area (Å²) in [5.74, 6) is -0.286. The summed E-state index contributed by atoms with van der Waals surface area (Å²) in [5, 5.41) is 9.71. The van der Waals surface area contributed by atoms with Gasteiger partial charge in [0.25, 0.3) is 5.91 Å². The average Bonchev–Trinajstić information content (AvgIpc) is 2.82. The quantitative estimate of drug-likeness (QED) is 0.629. The van der Waals surface area contributed by atoms with Crippen LogP contribution in [0.3, 0.4) is 0 Å². The van der Waals surface area contributed by atoms with E-state index in [1.54, 1.807) is 6.92 Å². The second-order valence-corrected chi connectivity index (χ2v) is 4.41. The zero-order chi connectivity index (χ0) is 12.6. The summed E-state index contributed by atoms with van der Waals surface area (Å²) in [6.07, 6.45) is 0.0868. The molecule has 1 N–H and O–H groups in total. The van der Waals surface area contributed by atoms with Gasteiger partial charge in [-0.2, -0.15) is 0 Å². The molecule has 2 atom stereocenters. The number of anilines is 1. The van der Waals surface area contributed by atoms with Crippen LogP contribution in [0.5, 0.6) is 0 Å². The number of nitrogens with zero attached hydrogens (tertiary/aromatic N) is 3. The summed E-state index contributed by atoms with van der Waals surface area (Å²) < 4.78 is 5.18. The number of alkyl halides is 1. The number of hydrogen-bond acceptors (Lipinski definition) is 6. The molecular formula is C9H11ClN4O3. The van der Waals surface area contributed by atoms with Crippen LogP contribution in [0.15, 0.2) is 4.42 Å². The summed E-state index contributed by atoms with van der Waals surface area (Å²) in [7, 11) is 1.44. The number of hydrogen-bond donors (Lipinski definition) is 1. The minimum atomic E-state index is -0.647. The second kappa shape index (κ2) is 4.33. The highest BCUT2D eigenvalue weighted by Crippen LogP contribution is 2.21. The topological polar surface area (TPSA) is 88.3 Å². The van der Waals surface area contributed by atoms with Crippen LogP contribution in [-0.2, 0) is 9.59 Å². The molecule has 8 heteroatoms. The van der Waals surface area contributed by atoms with E-state index in [1.807, 2.05) is 0 Å². The summed E-state index contributed by atoms with van der Waals surface area (Å²) in [6, 6.07) is -0.555. The predicted molar refractivity (Wildman–Crippen MR) is 58.4 cm³/mol. The second-order valence-electron chi connectivity index (χ2n) is 3.75. The first kappa shape index (κ1) is 11.8. The van der Waals surface area contributed by atoms with Crippen molar-refractivity contribution in [3.8, 4) is 0 Å². The van der Waals surface area contributed by atoms with E-state index < -0.39 is 11.4 Å². The highest BCUT2D eigenvalue weighted by Gasteiger charge is 2.36. The number of aromatic nitrogens is 2. The minimum absolute atomic E-state index is 0.0868. The van der Waals surface area contributed by atoms with Gasteiger partial charge in [-0.3, -0.25) is 14.5 Å². The van der Waals surface area contributed by atoms with Crippen LogP contribution in [0.4, 0.5) is 6.01 Å². The molecule has 0 radical (unpaired) electrons. The Kier molecular flexibility index (Phi) is 3.01. The summed E-state index contributed by atoms with van der Waals surface area (Å²) in [5.41, 5.74) is 0. The average molecular weight is 259 g/mol. The first-order valence-electron chi connectivity index (χ1n) is 5.03. The van der Waals surface area contributed by atoms with E-state index in [-0.39, 0.29) is 30.1 Å². The van der Waals surface area contributed by atoms with Gasteiger partial charge in [0.1, 0.15) is 11.4 Å². The molecule has 2 amide bonds. The van der Waals surface area contributed by atoms with Crippen LogP contribution >= 0.6 is 11.6 Å². The fraction of sp³-hybridized carbons (Fsp3) is 0.556. The number of carbonyl (C=O) groups is 2. The molecule has 2 rings (SSSR count). The number of carbonyl (C=O) groups excluding carboxylic acids is 2. The van der Waals surface area contributed by atoms with Crippen molar-refractivity contribution in [3.05, 3.63) is 5.89 Å². The van der Waals surface area contributed by atoms with E-state index in [0.29, 0.717) is 0 Å². The molecule has 0 spiro atoms. The minimum Gasteiger partial charge on any atom is -0.406 e. The molecule has 1 aromatic rings. The van der Waals surface area contributed by atoms with Gasteiger partial charge in [-0.15, -0.1) is 16.7 Å². The Morgan fingerprint density at radius 2 is 2.24 bits per heavy atom. The van der Waals surface area contributed by atoms with Gasteiger partial charge in [-0.05, 0) is 6.92 Å². The van der Waals surface area contributed by atoms with Gasteiger partial charge in [0.05, 0.1) is 6.42 Å². The summed E-state index contributed by atoms with van der Waals surface area (Å²) >= 11 is 5.75. The highest BCUT2D eigenvalue weighted by molar-refractivity contribution is 6.20.